The van der Waals surface area contributed by atoms with Crippen molar-refractivity contribution in [2.45, 2.75) is 39.7 Å². The molecule has 0 bridgehead atoms. The molecule has 1 aromatic heterocycles. The van der Waals surface area contributed by atoms with E-state index in [1.807, 2.05) is 6.92 Å². The van der Waals surface area contributed by atoms with Gasteiger partial charge in [0.25, 0.3) is 5.56 Å². The fraction of sp³-hybridized carbons (Fsp3) is 0.667. The number of hydrogen-bond donors (Lipinski definition) is 2. The summed E-state index contributed by atoms with van der Waals surface area (Å²) in [5, 5.41) is 9.86. The predicted molar refractivity (Wildman–Crippen MR) is 68.1 cm³/mol. The second kappa shape index (κ2) is 7.00. The lowest BCUT2D eigenvalue weighted by Crippen LogP contribution is -2.32. The number of nitrogens with one attached hydrogen (secondary N) is 1. The molecule has 0 unspecified atom stereocenters. The van der Waals surface area contributed by atoms with Crippen molar-refractivity contribution in [2.24, 2.45) is 0 Å². The Bertz CT molecular complexity index is 490. The highest BCUT2D eigenvalue weighted by Gasteiger charge is 2.11. The Morgan fingerprint density at radius 1 is 1.28 bits per heavy atom. The molecule has 0 atom stereocenters. The molecule has 6 nitrogen and oxygen atoms in total. The molecule has 6 heteroatoms. The molecule has 1 rings (SSSR count). The van der Waals surface area contributed by atoms with Crippen LogP contribution in [-0.2, 0) is 17.7 Å². The van der Waals surface area contributed by atoms with Crippen molar-refractivity contribution in [2.75, 3.05) is 13.2 Å². The minimum absolute atomic E-state index is 0.234. The molecule has 0 aromatic carbocycles. The summed E-state index contributed by atoms with van der Waals surface area (Å²) in [7, 11) is 0. The summed E-state index contributed by atoms with van der Waals surface area (Å²) in [6, 6.07) is 0. The number of hydrogen-bond acceptors (Lipinski definition) is 4. The molecule has 0 saturated heterocycles. The maximum atomic E-state index is 11.6. The van der Waals surface area contributed by atoms with Crippen molar-refractivity contribution in [1.82, 2.24) is 9.55 Å². The maximum Gasteiger partial charge on any atom is 0.331 e. The first-order valence-corrected chi connectivity index (χ1v) is 6.24. The van der Waals surface area contributed by atoms with Crippen molar-refractivity contribution in [1.29, 1.82) is 0 Å². The van der Waals surface area contributed by atoms with Gasteiger partial charge in [-0.25, -0.2) is 4.79 Å². The average Bonchev–Trinajstić information content (AvgIpc) is 2.32. The lowest BCUT2D eigenvalue weighted by atomic mass is 10.2. The normalized spacial score (nSPS) is 10.8. The van der Waals surface area contributed by atoms with Gasteiger partial charge in [0.1, 0.15) is 0 Å². The Morgan fingerprint density at radius 3 is 2.61 bits per heavy atom. The van der Waals surface area contributed by atoms with E-state index < -0.39 is 11.2 Å². The first kappa shape index (κ1) is 14.5. The highest BCUT2D eigenvalue weighted by atomic mass is 16.5. The van der Waals surface area contributed by atoms with E-state index in [9.17, 15) is 14.7 Å². The molecule has 0 fully saturated rings. The van der Waals surface area contributed by atoms with Crippen LogP contribution in [0.15, 0.2) is 9.59 Å². The lowest BCUT2D eigenvalue weighted by Gasteiger charge is -2.10. The molecule has 0 aliphatic carbocycles. The first-order valence-electron chi connectivity index (χ1n) is 6.24. The van der Waals surface area contributed by atoms with Crippen LogP contribution < -0.4 is 11.2 Å². The van der Waals surface area contributed by atoms with Crippen LogP contribution in [-0.4, -0.2) is 27.9 Å². The molecule has 1 heterocycles. The van der Waals surface area contributed by atoms with Gasteiger partial charge in [0.2, 0.25) is 5.88 Å². The summed E-state index contributed by atoms with van der Waals surface area (Å²) < 4.78 is 6.47. The van der Waals surface area contributed by atoms with Crippen molar-refractivity contribution in [3.05, 3.63) is 26.4 Å². The Morgan fingerprint density at radius 2 is 2.00 bits per heavy atom. The second-order valence-corrected chi connectivity index (χ2v) is 4.03. The number of rotatable bonds is 7. The number of H-pyrrole nitrogens is 1. The van der Waals surface area contributed by atoms with Gasteiger partial charge < -0.3 is 9.84 Å². The number of nitrogens with zero attached hydrogens (tertiary/aromatic N) is 1. The number of aromatic amines is 1. The molecular formula is C12H20N2O4. The van der Waals surface area contributed by atoms with Crippen molar-refractivity contribution in [3.63, 3.8) is 0 Å². The molecule has 1 aromatic rings. The Hall–Kier alpha value is -1.56. The largest absolute Gasteiger partial charge is 0.494 e. The third-order valence-corrected chi connectivity index (χ3v) is 2.64. The molecule has 0 spiro atoms. The quantitative estimate of drug-likeness (QED) is 0.700. The molecule has 0 aliphatic heterocycles. The molecule has 0 aliphatic rings. The Balaban J connectivity index is 2.77. The zero-order valence-electron chi connectivity index (χ0n) is 10.9. The maximum absolute atomic E-state index is 11.6. The highest BCUT2D eigenvalue weighted by molar-refractivity contribution is 5.22. The van der Waals surface area contributed by atoms with Crippen LogP contribution in [0.3, 0.4) is 0 Å². The summed E-state index contributed by atoms with van der Waals surface area (Å²) in [4.78, 5) is 25.2. The topological polar surface area (TPSA) is 84.3 Å². The number of aromatic hydroxyl groups is 1. The van der Waals surface area contributed by atoms with E-state index in [1.165, 1.54) is 4.57 Å². The Kier molecular flexibility index (Phi) is 5.64. The van der Waals surface area contributed by atoms with Gasteiger partial charge in [-0.1, -0.05) is 13.8 Å². The van der Waals surface area contributed by atoms with Crippen molar-refractivity contribution in [3.8, 4) is 5.88 Å². The summed E-state index contributed by atoms with van der Waals surface area (Å²) >= 11 is 0. The molecule has 0 amide bonds. The summed E-state index contributed by atoms with van der Waals surface area (Å²) in [5.74, 6) is -0.234. The molecule has 18 heavy (non-hydrogen) atoms. The van der Waals surface area contributed by atoms with E-state index in [-0.39, 0.29) is 11.4 Å². The van der Waals surface area contributed by atoms with Crippen molar-refractivity contribution < 1.29 is 9.84 Å². The Labute approximate surface area is 105 Å². The summed E-state index contributed by atoms with van der Waals surface area (Å²) in [6.45, 7) is 5.32. The third-order valence-electron chi connectivity index (χ3n) is 2.64. The van der Waals surface area contributed by atoms with Gasteiger partial charge in [-0.2, -0.15) is 0 Å². The van der Waals surface area contributed by atoms with E-state index in [4.69, 9.17) is 4.74 Å². The second-order valence-electron chi connectivity index (χ2n) is 4.03. The minimum atomic E-state index is -0.579. The third kappa shape index (κ3) is 3.46. The summed E-state index contributed by atoms with van der Waals surface area (Å²) in [6.07, 6.45) is 1.94. The fourth-order valence-corrected chi connectivity index (χ4v) is 1.70. The molecular weight excluding hydrogens is 236 g/mol. The van der Waals surface area contributed by atoms with Crippen LogP contribution in [0.25, 0.3) is 0 Å². The van der Waals surface area contributed by atoms with Gasteiger partial charge in [0.05, 0.1) is 5.56 Å². The number of ether oxygens (including phenoxy) is 1. The summed E-state index contributed by atoms with van der Waals surface area (Å²) in [5.41, 5.74) is -0.854. The predicted octanol–water partition coefficient (Wildman–Crippen LogP) is 0.621. The van der Waals surface area contributed by atoms with E-state index in [0.29, 0.717) is 32.6 Å². The molecule has 2 N–H and O–H groups in total. The lowest BCUT2D eigenvalue weighted by molar-refractivity contribution is 0.128. The van der Waals surface area contributed by atoms with E-state index >= 15 is 0 Å². The zero-order chi connectivity index (χ0) is 13.5. The molecule has 102 valence electrons. The zero-order valence-corrected chi connectivity index (χ0v) is 10.9. The van der Waals surface area contributed by atoms with Gasteiger partial charge in [-0.15, -0.1) is 0 Å². The average molecular weight is 256 g/mol. The smallest absolute Gasteiger partial charge is 0.331 e. The van der Waals surface area contributed by atoms with Gasteiger partial charge in [0.15, 0.2) is 0 Å². The van der Waals surface area contributed by atoms with Crippen LogP contribution >= 0.6 is 0 Å². The van der Waals surface area contributed by atoms with Gasteiger partial charge >= 0.3 is 5.69 Å². The van der Waals surface area contributed by atoms with Crippen LogP contribution in [0.2, 0.25) is 0 Å². The van der Waals surface area contributed by atoms with Crippen LogP contribution in [0.5, 0.6) is 5.88 Å². The van der Waals surface area contributed by atoms with Crippen LogP contribution in [0.4, 0.5) is 0 Å². The highest BCUT2D eigenvalue weighted by Crippen LogP contribution is 2.10. The van der Waals surface area contributed by atoms with Crippen LogP contribution in [0, 0.1) is 0 Å². The van der Waals surface area contributed by atoms with Gasteiger partial charge in [-0.3, -0.25) is 14.3 Å². The van der Waals surface area contributed by atoms with Crippen molar-refractivity contribution >= 4 is 0 Å². The van der Waals surface area contributed by atoms with E-state index in [2.05, 4.69) is 4.98 Å². The fourth-order valence-electron chi connectivity index (χ4n) is 1.70. The van der Waals surface area contributed by atoms with E-state index in [0.717, 1.165) is 6.42 Å². The monoisotopic (exact) mass is 256 g/mol. The molecule has 0 radical (unpaired) electrons. The number of aromatic nitrogens is 2. The van der Waals surface area contributed by atoms with E-state index in [1.54, 1.807) is 6.92 Å². The standard InChI is InChI=1S/C12H20N2O4/c1-3-7-18-8-5-6-14-11(16)9(4-2)10(15)13-12(14)17/h16H,3-8H2,1-2H3,(H,13,15,17). The first-order chi connectivity index (χ1) is 8.61. The van der Waals surface area contributed by atoms with Crippen LogP contribution in [0.1, 0.15) is 32.3 Å². The molecule has 0 saturated carbocycles. The SMILES string of the molecule is CCCOCCCn1c(O)c(CC)c(=O)[nH]c1=O. The van der Waals surface area contributed by atoms with Gasteiger partial charge in [0, 0.05) is 19.8 Å². The minimum Gasteiger partial charge on any atom is -0.494 e. The van der Waals surface area contributed by atoms with Gasteiger partial charge in [-0.05, 0) is 19.3 Å².